The Morgan fingerprint density at radius 1 is 0.353 bits per heavy atom. The molecular formula is C45H28N6. The lowest BCUT2D eigenvalue weighted by Crippen LogP contribution is -2.11. The van der Waals surface area contributed by atoms with Gasteiger partial charge in [0.1, 0.15) is 0 Å². The minimum absolute atomic E-state index is 0.214. The lowest BCUT2D eigenvalue weighted by atomic mass is 10.1. The Labute approximate surface area is 320 Å². The molecule has 0 aliphatic carbocycles. The first-order chi connectivity index (χ1) is 33.6. The van der Waals surface area contributed by atoms with Crippen LogP contribution in [0.2, 0.25) is 0 Å². The zero-order valence-corrected chi connectivity index (χ0v) is 25.8. The summed E-state index contributed by atoms with van der Waals surface area (Å²) in [4.78, 5) is 14.3. The molecule has 238 valence electrons. The number of rotatable bonds is 4. The van der Waals surface area contributed by atoms with E-state index in [-0.39, 0.29) is 27.2 Å². The van der Waals surface area contributed by atoms with Gasteiger partial charge in [-0.15, -0.1) is 0 Å². The number of hydrogen-bond acceptors (Lipinski definition) is 3. The van der Waals surface area contributed by atoms with Gasteiger partial charge >= 0.3 is 0 Å². The fourth-order valence-electron chi connectivity index (χ4n) is 6.71. The van der Waals surface area contributed by atoms with Crippen LogP contribution in [0.4, 0.5) is 0 Å². The van der Waals surface area contributed by atoms with Crippen LogP contribution in [0.5, 0.6) is 0 Å². The van der Waals surface area contributed by atoms with Crippen molar-refractivity contribution >= 4 is 65.4 Å². The fraction of sp³-hybridized carbons (Fsp3) is 0. The van der Waals surface area contributed by atoms with E-state index >= 15 is 0 Å². The summed E-state index contributed by atoms with van der Waals surface area (Å²) in [6.45, 7) is 0. The summed E-state index contributed by atoms with van der Waals surface area (Å²) in [5.74, 6) is -2.04. The minimum Gasteiger partial charge on any atom is -0.309 e. The molecule has 0 fully saturated rings. The van der Waals surface area contributed by atoms with Crippen molar-refractivity contribution in [2.24, 2.45) is 0 Å². The number of aromatic nitrogens is 6. The largest absolute Gasteiger partial charge is 0.309 e. The topological polar surface area (TPSA) is 53.5 Å². The third-order valence-electron chi connectivity index (χ3n) is 8.77. The first-order valence-corrected chi connectivity index (χ1v) is 15.5. The molecule has 0 aliphatic heterocycles. The van der Waals surface area contributed by atoms with Crippen molar-refractivity contribution in [1.82, 2.24) is 28.7 Å². The van der Waals surface area contributed by atoms with Crippen LogP contribution >= 0.6 is 0 Å². The molecule has 0 bridgehead atoms. The predicted molar refractivity (Wildman–Crippen MR) is 208 cm³/mol. The maximum atomic E-state index is 9.58. The molecule has 0 spiro atoms. The maximum absolute atomic E-state index is 9.58. The molecule has 0 radical (unpaired) electrons. The summed E-state index contributed by atoms with van der Waals surface area (Å²) in [6, 6.07) is -0.694. The second kappa shape index (κ2) is 10.7. The molecule has 11 rings (SSSR count). The Balaban J connectivity index is 1.43. The van der Waals surface area contributed by atoms with Gasteiger partial charge in [0, 0.05) is 37.9 Å². The van der Waals surface area contributed by atoms with Crippen molar-refractivity contribution in [1.29, 1.82) is 0 Å². The van der Waals surface area contributed by atoms with Gasteiger partial charge in [-0.25, -0.2) is 0 Å². The van der Waals surface area contributed by atoms with Gasteiger partial charge < -0.3 is 4.57 Å². The van der Waals surface area contributed by atoms with Crippen molar-refractivity contribution in [2.45, 2.75) is 0 Å². The number of nitrogens with zero attached hydrogens (tertiary/aromatic N) is 6. The molecule has 0 saturated carbocycles. The standard InChI is InChI=1S/C45H28N6/c1-8-22-36-29(15-1)30-16-2-9-23-37(30)49(36)42-28-14-7-21-35(42)43-46-44(50-38-24-10-3-17-31(38)32-18-4-11-25-39(32)50)48-45(47-43)51-40-26-12-5-19-33(40)34-20-6-13-27-41(34)51/h1-28H/i3D,4D,5D,6D,7D,10D,11D,12D,13D,14D,17D,18D,19D,20D,21D,24D,25D,26D,27D,28D. The molecule has 0 amide bonds. The molecule has 0 saturated heterocycles. The molecule has 0 unspecified atom stereocenters. The average molecular weight is 673 g/mol. The number of para-hydroxylation sites is 7. The van der Waals surface area contributed by atoms with Gasteiger partial charge in [-0.1, -0.05) is 121 Å². The van der Waals surface area contributed by atoms with E-state index in [1.807, 2.05) is 12.1 Å². The lowest BCUT2D eigenvalue weighted by molar-refractivity contribution is 0.892. The summed E-state index contributed by atoms with van der Waals surface area (Å²) in [7, 11) is 0. The van der Waals surface area contributed by atoms with Gasteiger partial charge in [0.05, 0.1) is 66.2 Å². The van der Waals surface area contributed by atoms with Crippen LogP contribution < -0.4 is 0 Å². The Morgan fingerprint density at radius 3 is 1.22 bits per heavy atom. The smallest absolute Gasteiger partial charge is 0.240 e. The zero-order valence-electron chi connectivity index (χ0n) is 45.8. The highest BCUT2D eigenvalue weighted by atomic mass is 15.3. The van der Waals surface area contributed by atoms with E-state index in [2.05, 4.69) is 0 Å². The lowest BCUT2D eigenvalue weighted by Gasteiger charge is -2.16. The molecule has 0 aliphatic rings. The molecule has 7 aromatic carbocycles. The Kier molecular flexibility index (Phi) is 3.12. The molecule has 4 aromatic heterocycles. The first-order valence-electron chi connectivity index (χ1n) is 25.5. The van der Waals surface area contributed by atoms with Crippen molar-refractivity contribution in [2.75, 3.05) is 0 Å². The summed E-state index contributed by atoms with van der Waals surface area (Å²) in [6.07, 6.45) is 0. The Bertz CT molecular complexity index is 3920. The van der Waals surface area contributed by atoms with Gasteiger partial charge in [0.25, 0.3) is 0 Å². The monoisotopic (exact) mass is 672 g/mol. The van der Waals surface area contributed by atoms with Gasteiger partial charge in [-0.2, -0.15) is 15.0 Å². The molecule has 0 N–H and O–H groups in total. The number of fused-ring (bicyclic) bond motifs is 9. The van der Waals surface area contributed by atoms with E-state index < -0.39 is 166 Å². The van der Waals surface area contributed by atoms with Crippen LogP contribution in [0.1, 0.15) is 27.4 Å². The van der Waals surface area contributed by atoms with E-state index in [1.54, 1.807) is 41.0 Å². The summed E-state index contributed by atoms with van der Waals surface area (Å²) >= 11 is 0. The second-order valence-electron chi connectivity index (χ2n) is 11.4. The van der Waals surface area contributed by atoms with Gasteiger partial charge in [0.2, 0.25) is 11.9 Å². The van der Waals surface area contributed by atoms with Crippen LogP contribution in [0.3, 0.4) is 0 Å². The van der Waals surface area contributed by atoms with Crippen molar-refractivity contribution in [3.05, 3.63) is 169 Å². The van der Waals surface area contributed by atoms with E-state index in [0.29, 0.717) is 21.8 Å². The normalized spacial score (nSPS) is 17.4. The second-order valence-corrected chi connectivity index (χ2v) is 11.4. The molecule has 4 heterocycles. The van der Waals surface area contributed by atoms with Crippen molar-refractivity contribution in [3.63, 3.8) is 0 Å². The molecule has 6 nitrogen and oxygen atoms in total. The maximum Gasteiger partial charge on any atom is 0.240 e. The molecule has 11 aromatic rings. The van der Waals surface area contributed by atoms with E-state index in [1.165, 1.54) is 0 Å². The molecule has 0 atom stereocenters. The van der Waals surface area contributed by atoms with Crippen molar-refractivity contribution in [3.8, 4) is 29.0 Å². The quantitative estimate of drug-likeness (QED) is 0.187. The average Bonchev–Trinajstić information content (AvgIpc) is 4.04. The third-order valence-corrected chi connectivity index (χ3v) is 8.77. The SMILES string of the molecule is [2H]c1c([2H])c([2H])c(-n2c3ccccc3c3ccccc32)c(-c2nc(-n3c4c([2H])c([2H])c([2H])c([2H])c4c4c([2H])c([2H])c([2H])c([2H])c43)nc(-n3c4c([2H])c([2H])c([2H])c([2H])c4c4c([2H])c([2H])c([2H])c([2H])c43)n2)c1[2H]. The summed E-state index contributed by atoms with van der Waals surface area (Å²) in [5.41, 5.74) is -1.56. The zero-order chi connectivity index (χ0) is 50.9. The van der Waals surface area contributed by atoms with Gasteiger partial charge in [0.15, 0.2) is 5.82 Å². The minimum atomic E-state index is -0.795. The highest BCUT2D eigenvalue weighted by molar-refractivity contribution is 6.11. The fourth-order valence-corrected chi connectivity index (χ4v) is 6.71. The summed E-state index contributed by atoms with van der Waals surface area (Å²) < 4.78 is 183. The van der Waals surface area contributed by atoms with Crippen molar-refractivity contribution < 1.29 is 27.4 Å². The molecule has 6 heteroatoms. The molecular weight excluding hydrogens is 625 g/mol. The highest BCUT2D eigenvalue weighted by Crippen LogP contribution is 2.37. The number of benzene rings is 7. The Morgan fingerprint density at radius 2 is 0.745 bits per heavy atom. The van der Waals surface area contributed by atoms with Crippen LogP contribution in [0.25, 0.3) is 94.4 Å². The first kappa shape index (κ1) is 14.8. The van der Waals surface area contributed by atoms with Crippen LogP contribution in [0.15, 0.2) is 169 Å². The van der Waals surface area contributed by atoms with Crippen LogP contribution in [0, 0.1) is 0 Å². The highest BCUT2D eigenvalue weighted by Gasteiger charge is 2.22. The molecule has 51 heavy (non-hydrogen) atoms. The van der Waals surface area contributed by atoms with E-state index in [9.17, 15) is 8.22 Å². The number of hydrogen-bond donors (Lipinski definition) is 0. The van der Waals surface area contributed by atoms with Crippen LogP contribution in [-0.2, 0) is 0 Å². The Hall–Kier alpha value is -7.05. The predicted octanol–water partition coefficient (Wildman–Crippen LogP) is 10.8. The van der Waals surface area contributed by atoms with Gasteiger partial charge in [-0.3, -0.25) is 9.13 Å². The van der Waals surface area contributed by atoms with Crippen LogP contribution in [-0.4, -0.2) is 28.7 Å². The summed E-state index contributed by atoms with van der Waals surface area (Å²) in [5, 5.41) is -0.159. The van der Waals surface area contributed by atoms with Gasteiger partial charge in [-0.05, 0) is 48.4 Å². The van der Waals surface area contributed by atoms with E-state index in [4.69, 9.17) is 34.1 Å². The van der Waals surface area contributed by atoms with E-state index in [0.717, 1.165) is 9.13 Å². The third kappa shape index (κ3) is 4.01.